The second-order valence-corrected chi connectivity index (χ2v) is 17.5. The van der Waals surface area contributed by atoms with Crippen molar-refractivity contribution < 1.29 is 51.8 Å². The molecule has 356 valence electrons. The Bertz CT molecular complexity index is 1940. The van der Waals surface area contributed by atoms with Gasteiger partial charge in [-0.3, -0.25) is 23.2 Å². The minimum absolute atomic E-state index is 0.00189. The van der Waals surface area contributed by atoms with E-state index in [1.807, 2.05) is 18.9 Å². The van der Waals surface area contributed by atoms with E-state index >= 15 is 0 Å². The normalized spacial score (nSPS) is 14.6. The average molecular weight is 933 g/mol. The monoisotopic (exact) mass is 931 g/mol. The lowest BCUT2D eigenvalue weighted by molar-refractivity contribution is -0.153. The van der Waals surface area contributed by atoms with E-state index in [2.05, 4.69) is 41.9 Å². The van der Waals surface area contributed by atoms with E-state index in [-0.39, 0.29) is 45.7 Å². The lowest BCUT2D eigenvalue weighted by Crippen LogP contribution is -2.28. The zero-order chi connectivity index (χ0) is 46.4. The maximum atomic E-state index is 13.5. The molecule has 0 radical (unpaired) electrons. The number of carbonyl (C=O) groups excluding carboxylic acids is 2. The molecule has 0 saturated carbocycles. The Labute approximate surface area is 386 Å². The van der Waals surface area contributed by atoms with Crippen molar-refractivity contribution in [1.29, 1.82) is 0 Å². The molecule has 3 unspecified atom stereocenters. The number of amides is 1. The number of benzene rings is 1. The predicted octanol–water partition coefficient (Wildman–Crippen LogP) is 8.82. The van der Waals surface area contributed by atoms with Crippen LogP contribution < -0.4 is 4.74 Å². The topological polar surface area (TPSA) is 147 Å². The molecule has 14 nitrogen and oxygen atoms in total. The van der Waals surface area contributed by atoms with Gasteiger partial charge in [0.25, 0.3) is 0 Å². The molecule has 64 heavy (non-hydrogen) atoms. The Morgan fingerprint density at radius 1 is 0.875 bits per heavy atom. The SMILES string of the molecule is CCCCCCCCCCCCCCCCCOCOCC(COP(=O)(O)OCCN(C)CC)OCOC1CN1C(=O)Cc1c(C)n(C(=O)C#CC#CC#CCl)c2ccc(OC)cc12. The molecule has 1 aliphatic rings. The maximum Gasteiger partial charge on any atom is 0.472 e. The van der Waals surface area contributed by atoms with Gasteiger partial charge in [-0.15, -0.1) is 0 Å². The largest absolute Gasteiger partial charge is 0.497 e. The second kappa shape index (κ2) is 32.3. The molecule has 1 N–H and O–H groups in total. The molecule has 3 atom stereocenters. The number of rotatable bonds is 35. The number of ether oxygens (including phenoxy) is 5. The number of aromatic nitrogens is 1. The van der Waals surface area contributed by atoms with Gasteiger partial charge < -0.3 is 38.4 Å². The first-order chi connectivity index (χ1) is 31.0. The molecular formula is C48H71ClN3O11P. The first kappa shape index (κ1) is 54.9. The predicted molar refractivity (Wildman–Crippen MR) is 250 cm³/mol. The van der Waals surface area contributed by atoms with Crippen LogP contribution in [0.4, 0.5) is 0 Å². The summed E-state index contributed by atoms with van der Waals surface area (Å²) in [6, 6.07) is 5.24. The Balaban J connectivity index is 1.44. The van der Waals surface area contributed by atoms with E-state index in [0.29, 0.717) is 47.6 Å². The van der Waals surface area contributed by atoms with Crippen LogP contribution in [-0.4, -0.2) is 117 Å². The summed E-state index contributed by atoms with van der Waals surface area (Å²) in [4.78, 5) is 40.5. The van der Waals surface area contributed by atoms with Gasteiger partial charge in [0.05, 0.1) is 45.4 Å². The van der Waals surface area contributed by atoms with Gasteiger partial charge in [-0.2, -0.15) is 0 Å². The molecule has 16 heteroatoms. The molecule has 1 aromatic heterocycles. The first-order valence-corrected chi connectivity index (χ1v) is 24.7. The number of hydrogen-bond donors (Lipinski definition) is 1. The summed E-state index contributed by atoms with van der Waals surface area (Å²) in [6.45, 7) is 7.59. The standard InChI is InChI=1S/C48H71ClN3O11P/c1-6-8-9-10-11-12-13-14-15-16-17-18-19-22-25-31-58-38-59-36-42(37-63-64(55,56)62-32-30-50(4)7-2)60-39-61-48-35-51(48)47(54)34-43-40(3)52(46(53)26-23-20-21-24-29-49)45-28-27-41(57-5)33-44(43)45/h27-28,33,42,48H,6-19,22,25,30-32,34-39H2,1-5H3,(H,55,56). The highest BCUT2D eigenvalue weighted by molar-refractivity contribution is 7.47. The highest BCUT2D eigenvalue weighted by Crippen LogP contribution is 2.43. The van der Waals surface area contributed by atoms with Crippen LogP contribution in [-0.2, 0) is 43.8 Å². The van der Waals surface area contributed by atoms with Crippen LogP contribution in [0.25, 0.3) is 10.9 Å². The zero-order valence-electron chi connectivity index (χ0n) is 38.8. The van der Waals surface area contributed by atoms with Crippen LogP contribution in [0.15, 0.2) is 18.2 Å². The number of nitrogens with zero attached hydrogens (tertiary/aromatic N) is 3. The number of fused-ring (bicyclic) bond motifs is 1. The van der Waals surface area contributed by atoms with Gasteiger partial charge in [-0.05, 0) is 74.1 Å². The van der Waals surface area contributed by atoms with Crippen molar-refractivity contribution in [2.75, 3.05) is 73.8 Å². The molecule has 0 bridgehead atoms. The number of carbonyl (C=O) groups is 2. The summed E-state index contributed by atoms with van der Waals surface area (Å²) in [5, 5.41) is 2.80. The van der Waals surface area contributed by atoms with Crippen molar-refractivity contribution in [3.05, 3.63) is 29.5 Å². The Hall–Kier alpha value is -3.42. The Morgan fingerprint density at radius 3 is 2.17 bits per heavy atom. The summed E-state index contributed by atoms with van der Waals surface area (Å²) in [6.07, 6.45) is 18.0. The first-order valence-electron chi connectivity index (χ1n) is 22.9. The fraction of sp³-hybridized carbons (Fsp3) is 0.667. The molecular weight excluding hydrogens is 861 g/mol. The highest BCUT2D eigenvalue weighted by Gasteiger charge is 2.40. The number of hydrogen-bond acceptors (Lipinski definition) is 11. The Morgan fingerprint density at radius 2 is 1.53 bits per heavy atom. The molecule has 2 aromatic rings. The third kappa shape index (κ3) is 21.7. The summed E-state index contributed by atoms with van der Waals surface area (Å²) < 4.78 is 53.0. The third-order valence-electron chi connectivity index (χ3n) is 11.0. The molecule has 1 amide bonds. The minimum Gasteiger partial charge on any atom is -0.497 e. The quantitative estimate of drug-likeness (QED) is 0.0232. The fourth-order valence-corrected chi connectivity index (χ4v) is 7.78. The summed E-state index contributed by atoms with van der Waals surface area (Å²) >= 11 is 5.31. The zero-order valence-corrected chi connectivity index (χ0v) is 40.4. The number of phosphoric ester groups is 1. The average Bonchev–Trinajstić information content (AvgIpc) is 4.02. The summed E-state index contributed by atoms with van der Waals surface area (Å²) in [5.41, 5.74) is 1.76. The van der Waals surface area contributed by atoms with Crippen LogP contribution in [0, 0.1) is 41.9 Å². The van der Waals surface area contributed by atoms with E-state index in [1.54, 1.807) is 25.1 Å². The fourth-order valence-electron chi connectivity index (χ4n) is 7.00. The second-order valence-electron chi connectivity index (χ2n) is 15.9. The van der Waals surface area contributed by atoms with Crippen LogP contribution in [0.5, 0.6) is 5.75 Å². The highest BCUT2D eigenvalue weighted by atomic mass is 35.5. The van der Waals surface area contributed by atoms with Crippen molar-refractivity contribution in [2.45, 2.75) is 136 Å². The number of likely N-dealkylation sites (N-methyl/N-ethyl adjacent to an activating group) is 1. The molecule has 0 spiro atoms. The number of halogens is 1. The van der Waals surface area contributed by atoms with Crippen LogP contribution in [0.2, 0.25) is 0 Å². The minimum atomic E-state index is -4.37. The van der Waals surface area contributed by atoms with Gasteiger partial charge in [0.15, 0.2) is 6.23 Å². The smallest absolute Gasteiger partial charge is 0.472 e. The van der Waals surface area contributed by atoms with Crippen molar-refractivity contribution in [3.63, 3.8) is 0 Å². The van der Waals surface area contributed by atoms with Gasteiger partial charge in [0, 0.05) is 47.4 Å². The summed E-state index contributed by atoms with van der Waals surface area (Å²) in [5.74, 6) is 12.1. The molecule has 1 fully saturated rings. The van der Waals surface area contributed by atoms with E-state index in [0.717, 1.165) is 19.4 Å². The van der Waals surface area contributed by atoms with Crippen LogP contribution in [0.1, 0.15) is 126 Å². The van der Waals surface area contributed by atoms with E-state index < -0.39 is 26.1 Å². The van der Waals surface area contributed by atoms with Crippen LogP contribution >= 0.6 is 19.4 Å². The van der Waals surface area contributed by atoms with Crippen LogP contribution in [0.3, 0.4) is 0 Å². The van der Waals surface area contributed by atoms with Gasteiger partial charge in [0.1, 0.15) is 25.4 Å². The molecule has 1 saturated heterocycles. The third-order valence-corrected chi connectivity index (χ3v) is 12.1. The summed E-state index contributed by atoms with van der Waals surface area (Å²) in [7, 11) is -0.955. The van der Waals surface area contributed by atoms with Crippen molar-refractivity contribution in [1.82, 2.24) is 14.4 Å². The van der Waals surface area contributed by atoms with Crippen molar-refractivity contribution >= 4 is 42.1 Å². The lowest BCUT2D eigenvalue weighted by atomic mass is 10.0. The lowest BCUT2D eigenvalue weighted by Gasteiger charge is -2.20. The van der Waals surface area contributed by atoms with E-state index in [4.69, 9.17) is 44.3 Å². The maximum absolute atomic E-state index is 13.5. The van der Waals surface area contributed by atoms with Gasteiger partial charge in [-0.25, -0.2) is 4.57 Å². The van der Waals surface area contributed by atoms with Gasteiger partial charge >= 0.3 is 13.7 Å². The van der Waals surface area contributed by atoms with Gasteiger partial charge in [-0.1, -0.05) is 104 Å². The number of phosphoric acid groups is 1. The number of methoxy groups -OCH3 is 1. The molecule has 2 heterocycles. The number of unbranched alkanes of at least 4 members (excludes halogenated alkanes) is 14. The molecule has 0 aliphatic carbocycles. The van der Waals surface area contributed by atoms with Crippen molar-refractivity contribution in [2.24, 2.45) is 0 Å². The molecule has 3 rings (SSSR count). The van der Waals surface area contributed by atoms with Crippen molar-refractivity contribution in [3.8, 4) is 40.7 Å². The van der Waals surface area contributed by atoms with E-state index in [1.165, 1.54) is 100 Å². The van der Waals surface area contributed by atoms with E-state index in [9.17, 15) is 19.0 Å². The molecule has 1 aliphatic heterocycles. The van der Waals surface area contributed by atoms with Gasteiger partial charge in [0.2, 0.25) is 5.91 Å². The Kier molecular flexibility index (Phi) is 27.7. The molecule has 1 aromatic carbocycles.